The van der Waals surface area contributed by atoms with Crippen molar-refractivity contribution in [2.75, 3.05) is 18.5 Å². The van der Waals surface area contributed by atoms with Crippen molar-refractivity contribution in [2.45, 2.75) is 44.2 Å². The van der Waals surface area contributed by atoms with Crippen LogP contribution in [0.15, 0.2) is 30.7 Å². The maximum atomic E-state index is 14.5. The van der Waals surface area contributed by atoms with Crippen LogP contribution in [0, 0.1) is 23.1 Å². The highest BCUT2D eigenvalue weighted by Crippen LogP contribution is 2.29. The van der Waals surface area contributed by atoms with E-state index in [-0.39, 0.29) is 12.4 Å². The van der Waals surface area contributed by atoms with Gasteiger partial charge >= 0.3 is 0 Å². The predicted molar refractivity (Wildman–Crippen MR) is 114 cm³/mol. The number of ether oxygens (including phenoxy) is 1. The Morgan fingerprint density at radius 2 is 2.16 bits per heavy atom. The number of pyridine rings is 1. The number of hydrogen-bond acceptors (Lipinski definition) is 8. The fraction of sp³-hybridized carbons (Fsp3) is 0.455. The van der Waals surface area contributed by atoms with Gasteiger partial charge in [0.05, 0.1) is 36.1 Å². The van der Waals surface area contributed by atoms with Crippen LogP contribution < -0.4 is 10.1 Å². The zero-order valence-electron chi connectivity index (χ0n) is 17.5. The van der Waals surface area contributed by atoms with Gasteiger partial charge in [0.15, 0.2) is 17.4 Å². The van der Waals surface area contributed by atoms with Crippen molar-refractivity contribution in [3.63, 3.8) is 0 Å². The van der Waals surface area contributed by atoms with Crippen molar-refractivity contribution in [3.05, 3.63) is 36.5 Å². The van der Waals surface area contributed by atoms with Crippen molar-refractivity contribution >= 4 is 11.3 Å². The first-order valence-electron chi connectivity index (χ1n) is 10.6. The molecule has 32 heavy (non-hydrogen) atoms. The summed E-state index contributed by atoms with van der Waals surface area (Å²) in [5, 5.41) is 34.8. The van der Waals surface area contributed by atoms with E-state index in [0.717, 1.165) is 25.7 Å². The Morgan fingerprint density at radius 3 is 2.91 bits per heavy atom. The normalized spacial score (nSPS) is 19.4. The van der Waals surface area contributed by atoms with Gasteiger partial charge in [-0.15, -0.1) is 0 Å². The van der Waals surface area contributed by atoms with Gasteiger partial charge in [0.1, 0.15) is 18.5 Å². The summed E-state index contributed by atoms with van der Waals surface area (Å²) in [6, 6.07) is 5.63. The number of aliphatic hydroxyl groups excluding tert-OH is 2. The van der Waals surface area contributed by atoms with Crippen LogP contribution >= 0.6 is 0 Å². The Balaban J connectivity index is 1.50. The van der Waals surface area contributed by atoms with Gasteiger partial charge in [-0.25, -0.2) is 18.9 Å². The number of halogens is 1. The van der Waals surface area contributed by atoms with Crippen molar-refractivity contribution in [1.29, 1.82) is 5.26 Å². The number of fused-ring (bicyclic) bond motifs is 1. The van der Waals surface area contributed by atoms with Crippen LogP contribution in [0.4, 0.5) is 10.2 Å². The molecule has 0 saturated heterocycles. The smallest absolute Gasteiger partial charge is 0.173 e. The summed E-state index contributed by atoms with van der Waals surface area (Å²) < 4.78 is 21.2. The third-order valence-corrected chi connectivity index (χ3v) is 5.69. The molecule has 0 bridgehead atoms. The minimum atomic E-state index is -1.09. The summed E-state index contributed by atoms with van der Waals surface area (Å²) >= 11 is 0. The second-order valence-electron chi connectivity index (χ2n) is 8.01. The van der Waals surface area contributed by atoms with E-state index in [0.29, 0.717) is 41.1 Å². The summed E-state index contributed by atoms with van der Waals surface area (Å²) in [4.78, 5) is 8.92. The van der Waals surface area contributed by atoms with Gasteiger partial charge in [-0.2, -0.15) is 10.4 Å². The van der Waals surface area contributed by atoms with Gasteiger partial charge < -0.3 is 20.3 Å². The topological polar surface area (TPSA) is 129 Å². The summed E-state index contributed by atoms with van der Waals surface area (Å²) in [6.45, 7) is -0.707. The molecule has 3 aromatic rings. The first-order chi connectivity index (χ1) is 15.6. The fourth-order valence-electron chi connectivity index (χ4n) is 3.92. The molecule has 0 amide bonds. The number of nitriles is 1. The molecule has 10 heteroatoms. The number of nitrogens with one attached hydrogen (secondary N) is 1. The summed E-state index contributed by atoms with van der Waals surface area (Å²) in [5.74, 6) is 0.896. The van der Waals surface area contributed by atoms with E-state index in [1.807, 2.05) is 0 Å². The Hall–Kier alpha value is -3.29. The van der Waals surface area contributed by atoms with Gasteiger partial charge in [0.25, 0.3) is 0 Å². The monoisotopic (exact) mass is 440 g/mol. The molecular formula is C22H25FN6O3. The third kappa shape index (κ3) is 4.95. The van der Waals surface area contributed by atoms with Crippen LogP contribution in [0.3, 0.4) is 0 Å². The molecule has 3 heterocycles. The highest BCUT2D eigenvalue weighted by atomic mass is 19.1. The molecule has 9 nitrogen and oxygen atoms in total. The number of anilines is 1. The van der Waals surface area contributed by atoms with E-state index in [1.54, 1.807) is 18.5 Å². The minimum Gasteiger partial charge on any atom is -0.486 e. The van der Waals surface area contributed by atoms with Crippen LogP contribution in [0.2, 0.25) is 0 Å². The maximum Gasteiger partial charge on any atom is 0.173 e. The average Bonchev–Trinajstić information content (AvgIpc) is 3.21. The van der Waals surface area contributed by atoms with E-state index in [4.69, 9.17) is 15.1 Å². The van der Waals surface area contributed by atoms with Crippen LogP contribution in [-0.2, 0) is 0 Å². The second kappa shape index (κ2) is 9.89. The molecule has 1 aliphatic rings. The SMILES string of the molecule is N#CCC1CCC(Nc2ccnc(-c3cnn4cc(OC[C@H](O)CO)c(F)cc34)n2)CC1. The largest absolute Gasteiger partial charge is 0.486 e. The van der Waals surface area contributed by atoms with E-state index in [9.17, 15) is 9.50 Å². The molecule has 0 spiro atoms. The molecular weight excluding hydrogens is 415 g/mol. The lowest BCUT2D eigenvalue weighted by molar-refractivity contribution is 0.0521. The van der Waals surface area contributed by atoms with Crippen molar-refractivity contribution in [3.8, 4) is 23.2 Å². The Kier molecular flexibility index (Phi) is 6.78. The van der Waals surface area contributed by atoms with Gasteiger partial charge in [0, 0.05) is 24.7 Å². The first-order valence-corrected chi connectivity index (χ1v) is 10.6. The quantitative estimate of drug-likeness (QED) is 0.487. The lowest BCUT2D eigenvalue weighted by Crippen LogP contribution is -2.26. The van der Waals surface area contributed by atoms with Crippen molar-refractivity contribution in [2.24, 2.45) is 5.92 Å². The van der Waals surface area contributed by atoms with Gasteiger partial charge in [-0.3, -0.25) is 0 Å². The molecule has 0 unspecified atom stereocenters. The minimum absolute atomic E-state index is 0.0806. The summed E-state index contributed by atoms with van der Waals surface area (Å²) in [7, 11) is 0. The third-order valence-electron chi connectivity index (χ3n) is 5.69. The van der Waals surface area contributed by atoms with Gasteiger partial charge in [-0.1, -0.05) is 0 Å². The molecule has 1 aliphatic carbocycles. The Morgan fingerprint density at radius 1 is 1.34 bits per heavy atom. The van der Waals surface area contributed by atoms with Crippen molar-refractivity contribution < 1.29 is 19.3 Å². The Labute approximate surface area is 184 Å². The predicted octanol–water partition coefficient (Wildman–Crippen LogP) is 2.55. The van der Waals surface area contributed by atoms with E-state index < -0.39 is 18.5 Å². The van der Waals surface area contributed by atoms with E-state index in [2.05, 4.69) is 26.5 Å². The standard InChI is InChI=1S/C22H25FN6O3/c23-18-9-19-17(10-26-29(19)11-20(18)32-13-16(31)12-30)22-25-8-6-21(28-22)27-15-3-1-14(2-4-15)5-7-24/h6,8-11,14-16,30-31H,1-5,12-13H2,(H,25,27,28)/t14?,15?,16-/m1/s1. The fourth-order valence-corrected chi connectivity index (χ4v) is 3.92. The summed E-state index contributed by atoms with van der Waals surface area (Å²) in [5.41, 5.74) is 1.05. The molecule has 4 rings (SSSR count). The molecule has 0 aliphatic heterocycles. The molecule has 3 N–H and O–H groups in total. The molecule has 1 fully saturated rings. The molecule has 1 saturated carbocycles. The summed E-state index contributed by atoms with van der Waals surface area (Å²) in [6.07, 6.45) is 8.13. The number of rotatable bonds is 8. The molecule has 3 aromatic heterocycles. The zero-order valence-corrected chi connectivity index (χ0v) is 17.5. The number of aliphatic hydroxyl groups is 2. The van der Waals surface area contributed by atoms with Crippen LogP contribution in [0.25, 0.3) is 16.9 Å². The molecule has 0 radical (unpaired) electrons. The second-order valence-corrected chi connectivity index (χ2v) is 8.01. The maximum absolute atomic E-state index is 14.5. The van der Waals surface area contributed by atoms with Gasteiger partial charge in [-0.05, 0) is 37.7 Å². The Bertz CT molecular complexity index is 1110. The van der Waals surface area contributed by atoms with Gasteiger partial charge in [0.2, 0.25) is 0 Å². The molecule has 0 aromatic carbocycles. The van der Waals surface area contributed by atoms with Crippen LogP contribution in [0.1, 0.15) is 32.1 Å². The lowest BCUT2D eigenvalue weighted by atomic mass is 9.84. The molecule has 168 valence electrons. The molecule has 1 atom stereocenters. The van der Waals surface area contributed by atoms with E-state index >= 15 is 0 Å². The number of nitrogens with zero attached hydrogens (tertiary/aromatic N) is 5. The van der Waals surface area contributed by atoms with Crippen LogP contribution in [-0.4, -0.2) is 55.2 Å². The average molecular weight is 440 g/mol. The van der Waals surface area contributed by atoms with Crippen molar-refractivity contribution in [1.82, 2.24) is 19.6 Å². The number of aromatic nitrogens is 4. The van der Waals surface area contributed by atoms with Crippen LogP contribution in [0.5, 0.6) is 5.75 Å². The highest BCUT2D eigenvalue weighted by Gasteiger charge is 2.21. The lowest BCUT2D eigenvalue weighted by Gasteiger charge is -2.28. The highest BCUT2D eigenvalue weighted by molar-refractivity contribution is 5.76. The van der Waals surface area contributed by atoms with E-state index in [1.165, 1.54) is 16.8 Å². The zero-order chi connectivity index (χ0) is 22.5. The number of hydrogen-bond donors (Lipinski definition) is 3. The first kappa shape index (κ1) is 21.9.